The first-order valence-corrected chi connectivity index (χ1v) is 6.27. The molecule has 0 amide bonds. The smallest absolute Gasteiger partial charge is 0.134 e. The zero-order valence-corrected chi connectivity index (χ0v) is 11.3. The fraction of sp³-hybridized carbons (Fsp3) is 0.667. The van der Waals surface area contributed by atoms with Gasteiger partial charge in [0.25, 0.3) is 0 Å². The van der Waals surface area contributed by atoms with Crippen LogP contribution in [0.5, 0.6) is 0 Å². The fourth-order valence-corrected chi connectivity index (χ4v) is 2.18. The van der Waals surface area contributed by atoms with E-state index in [0.29, 0.717) is 11.9 Å². The summed E-state index contributed by atoms with van der Waals surface area (Å²) in [7, 11) is 4.33. The minimum Gasteiger partial charge on any atom is -0.383 e. The number of hydrogen-bond acceptors (Lipinski definition) is 6. The van der Waals surface area contributed by atoms with E-state index in [4.69, 9.17) is 5.73 Å². The first-order chi connectivity index (χ1) is 8.58. The molecule has 0 aliphatic carbocycles. The molecule has 6 heteroatoms. The summed E-state index contributed by atoms with van der Waals surface area (Å²) in [5.74, 6) is 1.38. The molecule has 6 nitrogen and oxygen atoms in total. The lowest BCUT2D eigenvalue weighted by Gasteiger charge is -2.37. The highest BCUT2D eigenvalue weighted by Gasteiger charge is 2.22. The maximum Gasteiger partial charge on any atom is 0.134 e. The molecule has 1 atom stereocenters. The number of nitrogens with one attached hydrogen (secondary N) is 1. The second-order valence-corrected chi connectivity index (χ2v) is 5.01. The topological polar surface area (TPSA) is 70.3 Å². The molecular formula is C12H22N6. The van der Waals surface area contributed by atoms with Crippen molar-refractivity contribution >= 4 is 11.6 Å². The van der Waals surface area contributed by atoms with Crippen LogP contribution in [0, 0.1) is 6.92 Å². The molecule has 1 fully saturated rings. The van der Waals surface area contributed by atoms with E-state index in [2.05, 4.69) is 39.2 Å². The minimum absolute atomic E-state index is 0.499. The zero-order valence-electron chi connectivity index (χ0n) is 11.3. The molecule has 0 aromatic carbocycles. The predicted molar refractivity (Wildman–Crippen MR) is 73.6 cm³/mol. The third-order valence-corrected chi connectivity index (χ3v) is 3.61. The van der Waals surface area contributed by atoms with Crippen LogP contribution in [0.2, 0.25) is 0 Å². The van der Waals surface area contributed by atoms with Crippen molar-refractivity contribution in [1.82, 2.24) is 19.8 Å². The summed E-state index contributed by atoms with van der Waals surface area (Å²) in [6, 6.07) is 0.499. The summed E-state index contributed by atoms with van der Waals surface area (Å²) in [4.78, 5) is 12.9. The van der Waals surface area contributed by atoms with Crippen molar-refractivity contribution < 1.29 is 0 Å². The highest BCUT2D eigenvalue weighted by molar-refractivity contribution is 5.53. The number of hydrogen-bond donors (Lipinski definition) is 2. The van der Waals surface area contributed by atoms with Crippen molar-refractivity contribution in [2.45, 2.75) is 13.0 Å². The van der Waals surface area contributed by atoms with Crippen molar-refractivity contribution in [2.24, 2.45) is 0 Å². The van der Waals surface area contributed by atoms with Crippen LogP contribution in [0.15, 0.2) is 6.33 Å². The van der Waals surface area contributed by atoms with Gasteiger partial charge in [-0.25, -0.2) is 9.97 Å². The van der Waals surface area contributed by atoms with Crippen LogP contribution in [0.1, 0.15) is 5.56 Å². The predicted octanol–water partition coefficient (Wildman–Crippen LogP) is 0.0249. The molecule has 18 heavy (non-hydrogen) atoms. The molecule has 0 radical (unpaired) electrons. The molecule has 2 heterocycles. The zero-order chi connectivity index (χ0) is 13.1. The van der Waals surface area contributed by atoms with Gasteiger partial charge < -0.3 is 16.0 Å². The summed E-state index contributed by atoms with van der Waals surface area (Å²) in [6.45, 7) is 6.12. The van der Waals surface area contributed by atoms with Gasteiger partial charge in [-0.1, -0.05) is 0 Å². The Labute approximate surface area is 108 Å². The van der Waals surface area contributed by atoms with E-state index in [1.165, 1.54) is 6.33 Å². The third kappa shape index (κ3) is 2.88. The molecule has 2 rings (SSSR count). The van der Waals surface area contributed by atoms with E-state index >= 15 is 0 Å². The van der Waals surface area contributed by atoms with Crippen LogP contribution in [-0.4, -0.2) is 66.1 Å². The molecule has 0 saturated carbocycles. The average Bonchev–Trinajstić information content (AvgIpc) is 2.35. The first-order valence-electron chi connectivity index (χ1n) is 6.27. The van der Waals surface area contributed by atoms with Crippen LogP contribution < -0.4 is 11.1 Å². The van der Waals surface area contributed by atoms with Crippen molar-refractivity contribution in [3.05, 3.63) is 11.9 Å². The Bertz CT molecular complexity index is 408. The lowest BCUT2D eigenvalue weighted by molar-refractivity contribution is 0.122. The van der Waals surface area contributed by atoms with Crippen molar-refractivity contribution in [2.75, 3.05) is 51.3 Å². The lowest BCUT2D eigenvalue weighted by Crippen LogP contribution is -2.52. The molecule has 1 aliphatic rings. The molecule has 3 N–H and O–H groups in total. The second kappa shape index (κ2) is 5.49. The van der Waals surface area contributed by atoms with Crippen molar-refractivity contribution in [1.29, 1.82) is 0 Å². The Morgan fingerprint density at radius 3 is 2.94 bits per heavy atom. The summed E-state index contributed by atoms with van der Waals surface area (Å²) in [5, 5.41) is 3.38. The number of anilines is 2. The fourth-order valence-electron chi connectivity index (χ4n) is 2.18. The highest BCUT2D eigenvalue weighted by atomic mass is 15.3. The number of nitrogens with zero attached hydrogens (tertiary/aromatic N) is 4. The molecule has 1 unspecified atom stereocenters. The monoisotopic (exact) mass is 250 g/mol. The number of nitrogen functional groups attached to an aromatic ring is 1. The molecular weight excluding hydrogens is 228 g/mol. The largest absolute Gasteiger partial charge is 0.383 e. The maximum absolute atomic E-state index is 5.77. The normalized spacial score (nSPS) is 22.1. The van der Waals surface area contributed by atoms with Crippen molar-refractivity contribution in [3.8, 4) is 0 Å². The van der Waals surface area contributed by atoms with Gasteiger partial charge in [-0.2, -0.15) is 0 Å². The Morgan fingerprint density at radius 2 is 2.17 bits per heavy atom. The first kappa shape index (κ1) is 13.0. The quantitative estimate of drug-likeness (QED) is 0.788. The van der Waals surface area contributed by atoms with Gasteiger partial charge >= 0.3 is 0 Å². The molecule has 1 aromatic heterocycles. The van der Waals surface area contributed by atoms with Gasteiger partial charge in [0.15, 0.2) is 0 Å². The summed E-state index contributed by atoms with van der Waals surface area (Å²) in [5.41, 5.74) is 6.69. The molecule has 0 spiro atoms. The second-order valence-electron chi connectivity index (χ2n) is 5.01. The number of rotatable bonds is 3. The van der Waals surface area contributed by atoms with Crippen LogP contribution >= 0.6 is 0 Å². The molecule has 100 valence electrons. The molecule has 1 aliphatic heterocycles. The van der Waals surface area contributed by atoms with Crippen LogP contribution in [-0.2, 0) is 0 Å². The van der Waals surface area contributed by atoms with E-state index < -0.39 is 0 Å². The van der Waals surface area contributed by atoms with E-state index in [9.17, 15) is 0 Å². The minimum atomic E-state index is 0.499. The van der Waals surface area contributed by atoms with Gasteiger partial charge in [0, 0.05) is 37.8 Å². The van der Waals surface area contributed by atoms with Gasteiger partial charge in [-0.3, -0.25) is 4.90 Å². The summed E-state index contributed by atoms with van der Waals surface area (Å²) >= 11 is 0. The van der Waals surface area contributed by atoms with E-state index in [0.717, 1.165) is 37.6 Å². The number of aromatic nitrogens is 2. The molecule has 0 bridgehead atoms. The van der Waals surface area contributed by atoms with Crippen LogP contribution in [0.3, 0.4) is 0 Å². The van der Waals surface area contributed by atoms with Crippen LogP contribution in [0.25, 0.3) is 0 Å². The van der Waals surface area contributed by atoms with Crippen LogP contribution in [0.4, 0.5) is 11.6 Å². The van der Waals surface area contributed by atoms with Gasteiger partial charge in [0.05, 0.1) is 0 Å². The Morgan fingerprint density at radius 1 is 1.39 bits per heavy atom. The standard InChI is InChI=1S/C12H22N6/c1-9-11(13)15-8-16-12(9)14-6-10-7-17(2)4-5-18(10)3/h8,10H,4-7H2,1-3H3,(H3,13,14,15,16). The van der Waals surface area contributed by atoms with Gasteiger partial charge in [0.2, 0.25) is 0 Å². The van der Waals surface area contributed by atoms with E-state index in [1.807, 2.05) is 6.92 Å². The van der Waals surface area contributed by atoms with Gasteiger partial charge in [0.1, 0.15) is 18.0 Å². The SMILES string of the molecule is Cc1c(N)ncnc1NCC1CN(C)CCN1C. The molecule has 1 aromatic rings. The summed E-state index contributed by atoms with van der Waals surface area (Å²) in [6.07, 6.45) is 1.50. The Balaban J connectivity index is 1.96. The van der Waals surface area contributed by atoms with Crippen molar-refractivity contribution in [3.63, 3.8) is 0 Å². The number of nitrogens with two attached hydrogens (primary N) is 1. The maximum atomic E-state index is 5.77. The Hall–Kier alpha value is -1.40. The lowest BCUT2D eigenvalue weighted by atomic mass is 10.2. The number of piperazine rings is 1. The Kier molecular flexibility index (Phi) is 3.98. The van der Waals surface area contributed by atoms with Gasteiger partial charge in [-0.05, 0) is 21.0 Å². The van der Waals surface area contributed by atoms with E-state index in [1.54, 1.807) is 0 Å². The van der Waals surface area contributed by atoms with E-state index in [-0.39, 0.29) is 0 Å². The number of likely N-dealkylation sites (N-methyl/N-ethyl adjacent to an activating group) is 2. The summed E-state index contributed by atoms with van der Waals surface area (Å²) < 4.78 is 0. The highest BCUT2D eigenvalue weighted by Crippen LogP contribution is 2.15. The molecule has 1 saturated heterocycles. The third-order valence-electron chi connectivity index (χ3n) is 3.61. The average molecular weight is 250 g/mol. The van der Waals surface area contributed by atoms with Gasteiger partial charge in [-0.15, -0.1) is 0 Å².